The van der Waals surface area contributed by atoms with Gasteiger partial charge >= 0.3 is 5.69 Å². The van der Waals surface area contributed by atoms with Gasteiger partial charge in [0, 0.05) is 22.2 Å². The van der Waals surface area contributed by atoms with Gasteiger partial charge < -0.3 is 9.47 Å². The quantitative estimate of drug-likeness (QED) is 0.0879. The summed E-state index contributed by atoms with van der Waals surface area (Å²) < 4.78 is 13.1. The van der Waals surface area contributed by atoms with Gasteiger partial charge in [-0.3, -0.25) is 14.9 Å². The predicted molar refractivity (Wildman–Crippen MR) is 178 cm³/mol. The number of ether oxygens (including phenoxy) is 2. The molecule has 0 fully saturated rings. The Morgan fingerprint density at radius 3 is 2.53 bits per heavy atom. The van der Waals surface area contributed by atoms with Gasteiger partial charge in [-0.15, -0.1) is 0 Å². The molecule has 230 valence electrons. The number of nitrogens with zero attached hydrogens (tertiary/aromatic N) is 4. The predicted octanol–water partition coefficient (Wildman–Crippen LogP) is 8.23. The van der Waals surface area contributed by atoms with E-state index in [0.29, 0.717) is 28.9 Å². The van der Waals surface area contributed by atoms with Crippen LogP contribution in [0.2, 0.25) is 5.02 Å². The Bertz CT molecular complexity index is 2000. The van der Waals surface area contributed by atoms with Crippen LogP contribution in [-0.4, -0.2) is 27.4 Å². The van der Waals surface area contributed by atoms with Crippen LogP contribution in [0.25, 0.3) is 22.3 Å². The van der Waals surface area contributed by atoms with Crippen molar-refractivity contribution in [2.24, 2.45) is 5.10 Å². The van der Waals surface area contributed by atoms with Gasteiger partial charge in [0.05, 0.1) is 28.6 Å². The lowest BCUT2D eigenvalue weighted by atomic mass is 9.96. The number of hydrogen-bond acceptors (Lipinski definition) is 7. The third kappa shape index (κ3) is 6.73. The molecule has 0 aliphatic rings. The molecular formula is C35H33ClN4O5. The van der Waals surface area contributed by atoms with Gasteiger partial charge in [0.2, 0.25) is 5.75 Å². The van der Waals surface area contributed by atoms with Crippen molar-refractivity contribution in [2.75, 3.05) is 6.61 Å². The normalized spacial score (nSPS) is 11.4. The van der Waals surface area contributed by atoms with Crippen molar-refractivity contribution in [2.45, 2.75) is 47.1 Å². The highest BCUT2D eigenvalue weighted by Gasteiger charge is 2.22. The highest BCUT2D eigenvalue weighted by Crippen LogP contribution is 2.36. The van der Waals surface area contributed by atoms with E-state index in [1.165, 1.54) is 23.0 Å². The molecule has 5 aromatic rings. The topological polar surface area (TPSA) is 109 Å². The van der Waals surface area contributed by atoms with E-state index >= 15 is 0 Å². The Hall–Kier alpha value is -5.02. The second-order valence-corrected chi connectivity index (χ2v) is 11.4. The van der Waals surface area contributed by atoms with Gasteiger partial charge in [0.1, 0.15) is 12.4 Å². The van der Waals surface area contributed by atoms with Crippen molar-refractivity contribution < 1.29 is 14.4 Å². The number of aromatic nitrogens is 2. The van der Waals surface area contributed by atoms with Crippen LogP contribution in [0.5, 0.6) is 11.5 Å². The summed E-state index contributed by atoms with van der Waals surface area (Å²) in [6.45, 7) is 10.5. The molecule has 9 nitrogen and oxygen atoms in total. The largest absolute Gasteiger partial charge is 0.494 e. The van der Waals surface area contributed by atoms with E-state index in [4.69, 9.17) is 26.1 Å². The second kappa shape index (κ2) is 13.3. The molecule has 0 N–H and O–H groups in total. The Morgan fingerprint density at radius 2 is 1.82 bits per heavy atom. The van der Waals surface area contributed by atoms with E-state index in [2.05, 4.69) is 18.9 Å². The fourth-order valence-corrected chi connectivity index (χ4v) is 5.36. The number of nitro groups is 1. The summed E-state index contributed by atoms with van der Waals surface area (Å²) in [5, 5.41) is 17.1. The molecule has 45 heavy (non-hydrogen) atoms. The van der Waals surface area contributed by atoms with Crippen molar-refractivity contribution in [3.8, 4) is 22.9 Å². The molecule has 0 bridgehead atoms. The van der Waals surface area contributed by atoms with E-state index in [9.17, 15) is 14.9 Å². The van der Waals surface area contributed by atoms with Crippen LogP contribution in [0, 0.1) is 24.0 Å². The minimum absolute atomic E-state index is 0.0163. The highest BCUT2D eigenvalue weighted by molar-refractivity contribution is 6.31. The lowest BCUT2D eigenvalue weighted by Gasteiger charge is -2.18. The first-order valence-corrected chi connectivity index (χ1v) is 14.9. The molecule has 0 saturated carbocycles. The maximum Gasteiger partial charge on any atom is 0.313 e. The molecule has 0 aliphatic heterocycles. The minimum atomic E-state index is -0.555. The number of halogens is 1. The number of benzene rings is 4. The maximum absolute atomic E-state index is 13.9. The first-order valence-electron chi connectivity index (χ1n) is 14.6. The number of aryl methyl sites for hydroxylation is 2. The molecule has 1 aromatic heterocycles. The Kier molecular flexibility index (Phi) is 9.29. The summed E-state index contributed by atoms with van der Waals surface area (Å²) in [7, 11) is 0. The molecule has 0 radical (unpaired) electrons. The smallest absolute Gasteiger partial charge is 0.313 e. The van der Waals surface area contributed by atoms with Gasteiger partial charge in [-0.2, -0.15) is 9.78 Å². The molecule has 0 aliphatic carbocycles. The highest BCUT2D eigenvalue weighted by atomic mass is 35.5. The molecule has 4 aromatic carbocycles. The Labute approximate surface area is 265 Å². The summed E-state index contributed by atoms with van der Waals surface area (Å²) >= 11 is 6.32. The van der Waals surface area contributed by atoms with E-state index in [1.54, 1.807) is 18.2 Å². The second-order valence-electron chi connectivity index (χ2n) is 11.0. The van der Waals surface area contributed by atoms with Gasteiger partial charge in [0.15, 0.2) is 5.82 Å². The maximum atomic E-state index is 13.9. The van der Waals surface area contributed by atoms with E-state index in [-0.39, 0.29) is 34.5 Å². The van der Waals surface area contributed by atoms with Crippen LogP contribution in [0.3, 0.4) is 0 Å². The summed E-state index contributed by atoms with van der Waals surface area (Å²) in [6, 6.07) is 21.4. The van der Waals surface area contributed by atoms with E-state index in [1.807, 2.05) is 63.2 Å². The van der Waals surface area contributed by atoms with Crippen LogP contribution in [0.1, 0.15) is 54.5 Å². The van der Waals surface area contributed by atoms with Crippen molar-refractivity contribution >= 4 is 34.4 Å². The SMILES string of the molecule is CCOc1cc(C)c(-c2nc3ccccc3c(=O)n2N=Cc2cc(Cl)cc([N+](=O)[O-])c2OCc2cccc(C)c2)cc1C(C)C. The molecule has 0 atom stereocenters. The third-order valence-electron chi connectivity index (χ3n) is 7.31. The van der Waals surface area contributed by atoms with Crippen LogP contribution in [-0.2, 0) is 6.61 Å². The molecule has 10 heteroatoms. The van der Waals surface area contributed by atoms with Crippen molar-refractivity contribution in [1.29, 1.82) is 0 Å². The average molecular weight is 625 g/mol. The van der Waals surface area contributed by atoms with E-state index in [0.717, 1.165) is 28.0 Å². The summed E-state index contributed by atoms with van der Waals surface area (Å²) in [5.74, 6) is 1.21. The molecule has 0 unspecified atom stereocenters. The summed E-state index contributed by atoms with van der Waals surface area (Å²) in [5.41, 5.74) is 4.42. The van der Waals surface area contributed by atoms with Crippen LogP contribution in [0.4, 0.5) is 5.69 Å². The van der Waals surface area contributed by atoms with Crippen LogP contribution >= 0.6 is 11.6 Å². The van der Waals surface area contributed by atoms with Crippen LogP contribution < -0.4 is 15.0 Å². The first-order chi connectivity index (χ1) is 21.6. The lowest BCUT2D eigenvalue weighted by Crippen LogP contribution is -2.21. The zero-order chi connectivity index (χ0) is 32.2. The fraction of sp³-hybridized carbons (Fsp3) is 0.229. The molecule has 5 rings (SSSR count). The summed E-state index contributed by atoms with van der Waals surface area (Å²) in [6.07, 6.45) is 1.35. The molecule has 0 amide bonds. The van der Waals surface area contributed by atoms with Gasteiger partial charge in [-0.25, -0.2) is 4.98 Å². The number of fused-ring (bicyclic) bond motifs is 1. The van der Waals surface area contributed by atoms with Crippen molar-refractivity contribution in [1.82, 2.24) is 9.66 Å². The van der Waals surface area contributed by atoms with Crippen LogP contribution in [0.15, 0.2) is 82.7 Å². The summed E-state index contributed by atoms with van der Waals surface area (Å²) in [4.78, 5) is 30.3. The Morgan fingerprint density at radius 1 is 1.04 bits per heavy atom. The number of hydrogen-bond donors (Lipinski definition) is 0. The van der Waals surface area contributed by atoms with E-state index < -0.39 is 10.5 Å². The molecule has 1 heterocycles. The zero-order valence-corrected chi connectivity index (χ0v) is 26.5. The lowest BCUT2D eigenvalue weighted by molar-refractivity contribution is -0.385. The third-order valence-corrected chi connectivity index (χ3v) is 7.53. The van der Waals surface area contributed by atoms with Gasteiger partial charge in [-0.1, -0.05) is 67.4 Å². The molecule has 0 saturated heterocycles. The monoisotopic (exact) mass is 624 g/mol. The average Bonchev–Trinajstić information content (AvgIpc) is 3.00. The fourth-order valence-electron chi connectivity index (χ4n) is 5.14. The number of nitro benzene ring substituents is 1. The molecule has 0 spiro atoms. The number of rotatable bonds is 10. The first kappa shape index (κ1) is 31.4. The van der Waals surface area contributed by atoms with Gasteiger partial charge in [-0.05, 0) is 73.7 Å². The molecular weight excluding hydrogens is 592 g/mol. The standard InChI is InChI=1S/C35H33ClN4O5/c1-6-44-32-15-23(5)29(18-28(32)21(2)3)34-38-30-13-8-7-12-27(30)35(41)39(34)37-19-25-16-26(36)17-31(40(42)43)33(25)45-20-24-11-9-10-22(4)14-24/h7-19,21H,6,20H2,1-5H3. The van der Waals surface area contributed by atoms with Crippen molar-refractivity contribution in [3.05, 3.63) is 126 Å². The van der Waals surface area contributed by atoms with Crippen molar-refractivity contribution in [3.63, 3.8) is 0 Å². The van der Waals surface area contributed by atoms with Gasteiger partial charge in [0.25, 0.3) is 5.56 Å². The number of para-hydroxylation sites is 1. The zero-order valence-electron chi connectivity index (χ0n) is 25.7. The Balaban J connectivity index is 1.70. The minimum Gasteiger partial charge on any atom is -0.494 e.